The molecule has 0 aliphatic heterocycles. The fraction of sp³-hybridized carbons (Fsp3) is 0.214. The Morgan fingerprint density at radius 2 is 2.11 bits per heavy atom. The van der Waals surface area contributed by atoms with Gasteiger partial charge in [-0.15, -0.1) is 11.3 Å². The molecule has 0 aliphatic rings. The lowest BCUT2D eigenvalue weighted by Gasteiger charge is -2.17. The highest BCUT2D eigenvalue weighted by molar-refractivity contribution is 9.11. The van der Waals surface area contributed by atoms with Crippen LogP contribution in [0, 0.1) is 0 Å². The zero-order chi connectivity index (χ0) is 13.8. The van der Waals surface area contributed by atoms with E-state index in [0.717, 1.165) is 15.8 Å². The van der Waals surface area contributed by atoms with Crippen LogP contribution in [-0.2, 0) is 0 Å². The van der Waals surface area contributed by atoms with E-state index in [-0.39, 0.29) is 11.9 Å². The number of carbonyl (C=O) groups is 1. The van der Waals surface area contributed by atoms with Gasteiger partial charge in [-0.3, -0.25) is 4.79 Å². The second-order valence-corrected chi connectivity index (χ2v) is 6.85. The molecule has 0 spiro atoms. The Morgan fingerprint density at radius 3 is 2.63 bits per heavy atom. The van der Waals surface area contributed by atoms with E-state index >= 15 is 0 Å². The predicted octanol–water partition coefficient (Wildman–Crippen LogP) is 5.05. The SMILES string of the molecule is CCC(NC(=O)c1csc(Br)c1)c1ccc(Cl)cc1. The Hall–Kier alpha value is -0.840. The van der Waals surface area contributed by atoms with E-state index < -0.39 is 0 Å². The second-order valence-electron chi connectivity index (χ2n) is 4.13. The molecule has 1 amide bonds. The molecule has 0 radical (unpaired) electrons. The Morgan fingerprint density at radius 1 is 1.42 bits per heavy atom. The van der Waals surface area contributed by atoms with Crippen molar-refractivity contribution in [1.29, 1.82) is 0 Å². The maximum Gasteiger partial charge on any atom is 0.252 e. The van der Waals surface area contributed by atoms with Crippen molar-refractivity contribution in [3.8, 4) is 0 Å². The number of carbonyl (C=O) groups excluding carboxylic acids is 1. The lowest BCUT2D eigenvalue weighted by molar-refractivity contribution is 0.0936. The van der Waals surface area contributed by atoms with Crippen LogP contribution in [0.4, 0.5) is 0 Å². The Kier molecular flexibility index (Phi) is 5.02. The highest BCUT2D eigenvalue weighted by Crippen LogP contribution is 2.23. The first kappa shape index (κ1) is 14.6. The third-order valence-electron chi connectivity index (χ3n) is 2.82. The fourth-order valence-electron chi connectivity index (χ4n) is 1.79. The second kappa shape index (κ2) is 6.55. The van der Waals surface area contributed by atoms with Gasteiger partial charge in [-0.2, -0.15) is 0 Å². The molecule has 1 unspecified atom stereocenters. The van der Waals surface area contributed by atoms with Crippen molar-refractivity contribution < 1.29 is 4.79 Å². The molecule has 0 saturated carbocycles. The Bertz CT molecular complexity index is 567. The molecule has 2 aromatic rings. The summed E-state index contributed by atoms with van der Waals surface area (Å²) >= 11 is 10.7. The van der Waals surface area contributed by atoms with Crippen molar-refractivity contribution in [3.63, 3.8) is 0 Å². The average molecular weight is 359 g/mol. The van der Waals surface area contributed by atoms with E-state index in [1.165, 1.54) is 11.3 Å². The third kappa shape index (κ3) is 3.81. The van der Waals surface area contributed by atoms with Crippen molar-refractivity contribution in [2.75, 3.05) is 0 Å². The minimum Gasteiger partial charge on any atom is -0.345 e. The van der Waals surface area contributed by atoms with Crippen LogP contribution in [0.1, 0.15) is 35.3 Å². The molecular formula is C14H13BrClNOS. The van der Waals surface area contributed by atoms with Gasteiger partial charge in [-0.05, 0) is 46.1 Å². The zero-order valence-electron chi connectivity index (χ0n) is 10.3. The largest absolute Gasteiger partial charge is 0.345 e. The van der Waals surface area contributed by atoms with Gasteiger partial charge in [0.15, 0.2) is 0 Å². The monoisotopic (exact) mass is 357 g/mol. The lowest BCUT2D eigenvalue weighted by Crippen LogP contribution is -2.27. The van der Waals surface area contributed by atoms with Crippen molar-refractivity contribution >= 4 is 44.8 Å². The van der Waals surface area contributed by atoms with E-state index in [1.807, 2.05) is 42.6 Å². The van der Waals surface area contributed by atoms with Gasteiger partial charge in [0.2, 0.25) is 0 Å². The number of thiophene rings is 1. The summed E-state index contributed by atoms with van der Waals surface area (Å²) in [6, 6.07) is 9.40. The first-order valence-corrected chi connectivity index (χ1v) is 7.95. The normalized spacial score (nSPS) is 12.2. The molecule has 5 heteroatoms. The van der Waals surface area contributed by atoms with E-state index in [0.29, 0.717) is 10.6 Å². The quantitative estimate of drug-likeness (QED) is 0.814. The first-order chi connectivity index (χ1) is 9.10. The number of nitrogens with one attached hydrogen (secondary N) is 1. The van der Waals surface area contributed by atoms with Crippen molar-refractivity contribution in [3.05, 3.63) is 55.6 Å². The van der Waals surface area contributed by atoms with Gasteiger partial charge >= 0.3 is 0 Å². The fourth-order valence-corrected chi connectivity index (χ4v) is 3.05. The molecule has 100 valence electrons. The summed E-state index contributed by atoms with van der Waals surface area (Å²) in [5, 5.41) is 5.58. The van der Waals surface area contributed by atoms with E-state index in [2.05, 4.69) is 21.2 Å². The van der Waals surface area contributed by atoms with Gasteiger partial charge in [-0.25, -0.2) is 0 Å². The van der Waals surface area contributed by atoms with Crippen LogP contribution in [0.3, 0.4) is 0 Å². The summed E-state index contributed by atoms with van der Waals surface area (Å²) in [6.07, 6.45) is 0.832. The number of halogens is 2. The van der Waals surface area contributed by atoms with Crippen LogP contribution in [0.5, 0.6) is 0 Å². The summed E-state index contributed by atoms with van der Waals surface area (Å²) in [4.78, 5) is 12.1. The molecule has 1 aromatic carbocycles. The van der Waals surface area contributed by atoms with Crippen LogP contribution in [0.15, 0.2) is 39.5 Å². The predicted molar refractivity (Wildman–Crippen MR) is 84.0 cm³/mol. The highest BCUT2D eigenvalue weighted by atomic mass is 79.9. The van der Waals surface area contributed by atoms with Crippen molar-refractivity contribution in [1.82, 2.24) is 5.32 Å². The Balaban J connectivity index is 2.11. The molecule has 0 fully saturated rings. The number of benzene rings is 1. The molecule has 0 saturated heterocycles. The topological polar surface area (TPSA) is 29.1 Å². The molecular weight excluding hydrogens is 346 g/mol. The first-order valence-electron chi connectivity index (χ1n) is 5.90. The van der Waals surface area contributed by atoms with Gasteiger partial charge in [0.05, 0.1) is 15.4 Å². The van der Waals surface area contributed by atoms with Gasteiger partial charge in [0, 0.05) is 10.4 Å². The molecule has 0 bridgehead atoms. The zero-order valence-corrected chi connectivity index (χ0v) is 13.5. The molecule has 0 aliphatic carbocycles. The minimum atomic E-state index is -0.0521. The van der Waals surface area contributed by atoms with Crippen LogP contribution >= 0.6 is 38.9 Å². The standard InChI is InChI=1S/C14H13BrClNOS/c1-2-12(9-3-5-11(16)6-4-9)17-14(18)10-7-13(15)19-8-10/h3-8,12H,2H2,1H3,(H,17,18). The van der Waals surface area contributed by atoms with E-state index in [1.54, 1.807) is 0 Å². The smallest absolute Gasteiger partial charge is 0.252 e. The molecule has 1 N–H and O–H groups in total. The maximum absolute atomic E-state index is 12.1. The summed E-state index contributed by atoms with van der Waals surface area (Å²) in [5.41, 5.74) is 1.75. The van der Waals surface area contributed by atoms with Crippen molar-refractivity contribution in [2.45, 2.75) is 19.4 Å². The van der Waals surface area contributed by atoms with Crippen LogP contribution in [0.2, 0.25) is 5.02 Å². The molecule has 1 aromatic heterocycles. The molecule has 2 rings (SSSR count). The molecule has 2 nitrogen and oxygen atoms in total. The Labute approximate surface area is 129 Å². The van der Waals surface area contributed by atoms with E-state index in [9.17, 15) is 4.79 Å². The summed E-state index contributed by atoms with van der Waals surface area (Å²) in [7, 11) is 0. The van der Waals surface area contributed by atoms with Crippen LogP contribution in [-0.4, -0.2) is 5.91 Å². The van der Waals surface area contributed by atoms with Crippen molar-refractivity contribution in [2.24, 2.45) is 0 Å². The summed E-state index contributed by atoms with van der Waals surface area (Å²) in [6.45, 7) is 2.04. The van der Waals surface area contributed by atoms with Gasteiger partial charge in [-0.1, -0.05) is 30.7 Å². The highest BCUT2D eigenvalue weighted by Gasteiger charge is 2.15. The average Bonchev–Trinajstić information content (AvgIpc) is 2.84. The number of hydrogen-bond acceptors (Lipinski definition) is 2. The maximum atomic E-state index is 12.1. The van der Waals surface area contributed by atoms with Crippen LogP contribution in [0.25, 0.3) is 0 Å². The number of rotatable bonds is 4. The molecule has 19 heavy (non-hydrogen) atoms. The van der Waals surface area contributed by atoms with Gasteiger partial charge in [0.25, 0.3) is 5.91 Å². The van der Waals surface area contributed by atoms with Gasteiger partial charge < -0.3 is 5.32 Å². The number of hydrogen-bond donors (Lipinski definition) is 1. The molecule has 1 heterocycles. The van der Waals surface area contributed by atoms with Gasteiger partial charge in [0.1, 0.15) is 0 Å². The van der Waals surface area contributed by atoms with Crippen LogP contribution < -0.4 is 5.32 Å². The minimum absolute atomic E-state index is 0.00319. The third-order valence-corrected chi connectivity index (χ3v) is 4.57. The molecule has 1 atom stereocenters. The van der Waals surface area contributed by atoms with E-state index in [4.69, 9.17) is 11.6 Å². The summed E-state index contributed by atoms with van der Waals surface area (Å²) in [5.74, 6) is -0.0521. The summed E-state index contributed by atoms with van der Waals surface area (Å²) < 4.78 is 0.956. The lowest BCUT2D eigenvalue weighted by atomic mass is 10.0. The number of amides is 1.